The lowest BCUT2D eigenvalue weighted by atomic mass is 10.2. The Hall–Kier alpha value is -2.28. The molecule has 0 aliphatic rings. The molecule has 0 unspecified atom stereocenters. The third kappa shape index (κ3) is 2.94. The average Bonchev–Trinajstić information content (AvgIpc) is 2.84. The molecule has 0 amide bonds. The molecule has 19 heavy (non-hydrogen) atoms. The normalized spacial score (nSPS) is 10.6. The van der Waals surface area contributed by atoms with E-state index in [9.17, 15) is 4.79 Å². The molecule has 2 heterocycles. The third-order valence-electron chi connectivity index (χ3n) is 2.56. The maximum Gasteiger partial charge on any atom is 0.358 e. The number of aryl methyl sites for hydroxylation is 1. The fraction of sp³-hybridized carbons (Fsp3) is 0.333. The molecule has 0 aromatic carbocycles. The highest BCUT2D eigenvalue weighted by Crippen LogP contribution is 2.20. The van der Waals surface area contributed by atoms with Crippen LogP contribution in [0, 0.1) is 0 Å². The highest BCUT2D eigenvalue weighted by molar-refractivity contribution is 5.92. The molecule has 2 rings (SSSR count). The molecule has 7 nitrogen and oxygen atoms in total. The van der Waals surface area contributed by atoms with Gasteiger partial charge < -0.3 is 9.84 Å². The monoisotopic (exact) mass is 262 g/mol. The average molecular weight is 262 g/mol. The lowest BCUT2D eigenvalue weighted by molar-refractivity contribution is 0.0691. The Balaban J connectivity index is 2.37. The number of rotatable bonds is 6. The van der Waals surface area contributed by atoms with Crippen LogP contribution in [0.25, 0.3) is 11.4 Å². The van der Waals surface area contributed by atoms with E-state index in [1.807, 2.05) is 0 Å². The minimum absolute atomic E-state index is 0.0869. The van der Waals surface area contributed by atoms with Gasteiger partial charge in [0.25, 0.3) is 0 Å². The molecule has 0 saturated carbocycles. The van der Waals surface area contributed by atoms with Gasteiger partial charge in [-0.2, -0.15) is 0 Å². The van der Waals surface area contributed by atoms with E-state index in [-0.39, 0.29) is 5.69 Å². The molecule has 0 saturated heterocycles. The maximum atomic E-state index is 11.2. The highest BCUT2D eigenvalue weighted by Gasteiger charge is 2.21. The molecule has 2 aromatic rings. The van der Waals surface area contributed by atoms with E-state index in [2.05, 4.69) is 15.3 Å². The first-order chi connectivity index (χ1) is 9.24. The van der Waals surface area contributed by atoms with E-state index in [1.165, 1.54) is 0 Å². The van der Waals surface area contributed by atoms with Crippen LogP contribution in [0.1, 0.15) is 16.9 Å². The summed E-state index contributed by atoms with van der Waals surface area (Å²) < 4.78 is 6.52. The van der Waals surface area contributed by atoms with Crippen LogP contribution >= 0.6 is 0 Å². The summed E-state index contributed by atoms with van der Waals surface area (Å²) in [5.74, 6) is -1.11. The van der Waals surface area contributed by atoms with Crippen molar-refractivity contribution in [3.8, 4) is 11.4 Å². The number of aromatic nitrogens is 4. The number of pyridine rings is 1. The predicted octanol–water partition coefficient (Wildman–Crippen LogP) is 1.07. The van der Waals surface area contributed by atoms with E-state index in [4.69, 9.17) is 9.84 Å². The summed E-state index contributed by atoms with van der Waals surface area (Å²) in [7, 11) is 1.61. The van der Waals surface area contributed by atoms with Crippen LogP contribution in [0.4, 0.5) is 0 Å². The van der Waals surface area contributed by atoms with Crippen LogP contribution in [0.5, 0.6) is 0 Å². The van der Waals surface area contributed by atoms with Crippen LogP contribution in [0.15, 0.2) is 24.4 Å². The van der Waals surface area contributed by atoms with Gasteiger partial charge in [0.1, 0.15) is 5.69 Å². The van der Waals surface area contributed by atoms with Crippen molar-refractivity contribution in [2.75, 3.05) is 13.7 Å². The lowest BCUT2D eigenvalue weighted by Crippen LogP contribution is -2.07. The molecule has 0 aliphatic carbocycles. The van der Waals surface area contributed by atoms with Gasteiger partial charge in [-0.05, 0) is 18.6 Å². The number of methoxy groups -OCH3 is 1. The van der Waals surface area contributed by atoms with Crippen LogP contribution in [0.2, 0.25) is 0 Å². The number of carboxylic acids is 1. The summed E-state index contributed by atoms with van der Waals surface area (Å²) in [6.45, 7) is 1.10. The molecule has 100 valence electrons. The Labute approximate surface area is 109 Å². The van der Waals surface area contributed by atoms with Gasteiger partial charge in [0.05, 0.1) is 5.69 Å². The largest absolute Gasteiger partial charge is 0.476 e. The first-order valence-corrected chi connectivity index (χ1v) is 5.81. The van der Waals surface area contributed by atoms with Crippen molar-refractivity contribution in [1.82, 2.24) is 20.0 Å². The van der Waals surface area contributed by atoms with E-state index in [1.54, 1.807) is 36.2 Å². The van der Waals surface area contributed by atoms with Gasteiger partial charge in [0, 0.05) is 26.5 Å². The van der Waals surface area contributed by atoms with E-state index >= 15 is 0 Å². The highest BCUT2D eigenvalue weighted by atomic mass is 16.5. The van der Waals surface area contributed by atoms with Gasteiger partial charge in [0.2, 0.25) is 0 Å². The second-order valence-corrected chi connectivity index (χ2v) is 3.88. The first kappa shape index (κ1) is 13.2. The number of carboxylic acid groups (broad SMARTS) is 1. The second-order valence-electron chi connectivity index (χ2n) is 3.88. The van der Waals surface area contributed by atoms with Gasteiger partial charge in [0.15, 0.2) is 5.69 Å². The molecule has 0 radical (unpaired) electrons. The standard InChI is InChI=1S/C12H14N4O3/c1-19-8-4-7-16-11(9-5-2-3-6-13-9)10(12(17)18)14-15-16/h2-3,5-6H,4,7-8H2,1H3,(H,17,18). The Morgan fingerprint density at radius 1 is 1.47 bits per heavy atom. The summed E-state index contributed by atoms with van der Waals surface area (Å²) in [6.07, 6.45) is 2.33. The quantitative estimate of drug-likeness (QED) is 0.783. The molecule has 0 bridgehead atoms. The van der Waals surface area contributed by atoms with Crippen molar-refractivity contribution in [1.29, 1.82) is 0 Å². The van der Waals surface area contributed by atoms with Gasteiger partial charge in [-0.15, -0.1) is 5.10 Å². The minimum atomic E-state index is -1.11. The van der Waals surface area contributed by atoms with Crippen LogP contribution in [-0.2, 0) is 11.3 Å². The summed E-state index contributed by atoms with van der Waals surface area (Å²) in [4.78, 5) is 15.3. The first-order valence-electron chi connectivity index (χ1n) is 5.81. The summed E-state index contributed by atoms with van der Waals surface area (Å²) >= 11 is 0. The molecule has 0 spiro atoms. The molecule has 1 N–H and O–H groups in total. The van der Waals surface area contributed by atoms with Crippen LogP contribution in [-0.4, -0.2) is 44.8 Å². The fourth-order valence-electron chi connectivity index (χ4n) is 1.73. The Morgan fingerprint density at radius 3 is 2.95 bits per heavy atom. The molecule has 0 atom stereocenters. The van der Waals surface area contributed by atoms with Crippen LogP contribution in [0.3, 0.4) is 0 Å². The van der Waals surface area contributed by atoms with Gasteiger partial charge in [-0.25, -0.2) is 9.48 Å². The zero-order valence-corrected chi connectivity index (χ0v) is 10.5. The molecular weight excluding hydrogens is 248 g/mol. The summed E-state index contributed by atoms with van der Waals surface area (Å²) in [5, 5.41) is 16.7. The second kappa shape index (κ2) is 6.05. The molecule has 0 aliphatic heterocycles. The number of ether oxygens (including phenoxy) is 1. The van der Waals surface area contributed by atoms with Gasteiger partial charge in [-0.3, -0.25) is 4.98 Å². The molecule has 2 aromatic heterocycles. The smallest absolute Gasteiger partial charge is 0.358 e. The Bertz CT molecular complexity index is 553. The number of nitrogens with zero attached hydrogens (tertiary/aromatic N) is 4. The van der Waals surface area contributed by atoms with Crippen molar-refractivity contribution in [2.24, 2.45) is 0 Å². The van der Waals surface area contributed by atoms with E-state index in [0.29, 0.717) is 24.5 Å². The zero-order valence-electron chi connectivity index (χ0n) is 10.5. The summed E-state index contributed by atoms with van der Waals surface area (Å²) in [5.41, 5.74) is 0.877. The molecule has 0 fully saturated rings. The molecular formula is C12H14N4O3. The Kier molecular flexibility index (Phi) is 4.19. The number of aromatic carboxylic acids is 1. The maximum absolute atomic E-state index is 11.2. The summed E-state index contributed by atoms with van der Waals surface area (Å²) in [6, 6.07) is 5.29. The van der Waals surface area contributed by atoms with E-state index < -0.39 is 5.97 Å². The number of carbonyl (C=O) groups is 1. The number of hydrogen-bond donors (Lipinski definition) is 1. The Morgan fingerprint density at radius 2 is 2.32 bits per heavy atom. The SMILES string of the molecule is COCCCn1nnc(C(=O)O)c1-c1ccccn1. The van der Waals surface area contributed by atoms with Gasteiger partial charge >= 0.3 is 5.97 Å². The van der Waals surface area contributed by atoms with Crippen molar-refractivity contribution in [2.45, 2.75) is 13.0 Å². The van der Waals surface area contributed by atoms with Crippen molar-refractivity contribution in [3.63, 3.8) is 0 Å². The lowest BCUT2D eigenvalue weighted by Gasteiger charge is -2.06. The van der Waals surface area contributed by atoms with Crippen molar-refractivity contribution >= 4 is 5.97 Å². The topological polar surface area (TPSA) is 90.1 Å². The third-order valence-corrected chi connectivity index (χ3v) is 2.56. The van der Waals surface area contributed by atoms with Crippen LogP contribution < -0.4 is 0 Å². The van der Waals surface area contributed by atoms with Crippen molar-refractivity contribution in [3.05, 3.63) is 30.1 Å². The predicted molar refractivity (Wildman–Crippen MR) is 66.7 cm³/mol. The number of hydrogen-bond acceptors (Lipinski definition) is 5. The zero-order chi connectivity index (χ0) is 13.7. The fourth-order valence-corrected chi connectivity index (χ4v) is 1.73. The van der Waals surface area contributed by atoms with E-state index in [0.717, 1.165) is 6.42 Å². The van der Waals surface area contributed by atoms with Gasteiger partial charge in [-0.1, -0.05) is 11.3 Å². The van der Waals surface area contributed by atoms with Crippen molar-refractivity contribution < 1.29 is 14.6 Å². The minimum Gasteiger partial charge on any atom is -0.476 e. The molecule has 7 heteroatoms.